The minimum atomic E-state index is 0. The third-order valence-corrected chi connectivity index (χ3v) is 0. The van der Waals surface area contributed by atoms with Crippen molar-refractivity contribution in [1.82, 2.24) is 6.15 Å². The van der Waals surface area contributed by atoms with E-state index in [1.807, 2.05) is 0 Å². The van der Waals surface area contributed by atoms with E-state index in [4.69, 9.17) is 5.11 Å². The molecule has 39 valence electrons. The third-order valence-electron chi connectivity index (χ3n) is 0. The van der Waals surface area contributed by atoms with Crippen molar-refractivity contribution in [3.05, 3.63) is 0 Å². The molecule has 0 saturated heterocycles. The molecule has 6 heavy (non-hydrogen) atoms. The van der Waals surface area contributed by atoms with Gasteiger partial charge in [-0.2, -0.15) is 0 Å². The van der Waals surface area contributed by atoms with Gasteiger partial charge < -0.3 is 5.11 Å². The number of aliphatic hydroxyl groups excluding tert-OH is 1. The normalized spacial score (nSPS) is 4.00. The van der Waals surface area contributed by atoms with Crippen LogP contribution in [0.15, 0.2) is 0 Å². The zero-order valence-corrected chi connectivity index (χ0v) is 4.60. The number of rotatable bonds is 0. The van der Waals surface area contributed by atoms with Crippen LogP contribution in [0, 0.1) is 0 Å². The Balaban J connectivity index is -0.0000000275. The second-order valence-corrected chi connectivity index (χ2v) is 0.707. The SMILES string of the molecule is CCC.CO.[N]. The Morgan fingerprint density at radius 2 is 1.17 bits per heavy atom. The topological polar surface area (TPSA) is 50.7 Å². The Morgan fingerprint density at radius 3 is 1.17 bits per heavy atom. The fourth-order valence-corrected chi connectivity index (χ4v) is 0. The summed E-state index contributed by atoms with van der Waals surface area (Å²) in [6.45, 7) is 4.25. The van der Waals surface area contributed by atoms with Crippen LogP contribution < -0.4 is 6.15 Å². The zero-order valence-electron chi connectivity index (χ0n) is 4.60. The highest BCUT2D eigenvalue weighted by molar-refractivity contribution is 3.92. The second kappa shape index (κ2) is 89.3. The van der Waals surface area contributed by atoms with Gasteiger partial charge in [0.1, 0.15) is 0 Å². The highest BCUT2D eigenvalue weighted by Gasteiger charge is 1.35. The summed E-state index contributed by atoms with van der Waals surface area (Å²) in [6.07, 6.45) is 1.25. The van der Waals surface area contributed by atoms with Gasteiger partial charge in [-0.15, -0.1) is 0 Å². The maximum Gasteiger partial charge on any atom is 0.0319 e. The number of hydrogen-bond donors (Lipinski definition) is 1. The molecule has 2 nitrogen and oxygen atoms in total. The number of aliphatic hydroxyl groups is 1. The Labute approximate surface area is 39.8 Å². The molecule has 2 heteroatoms. The van der Waals surface area contributed by atoms with Gasteiger partial charge in [-0.1, -0.05) is 20.3 Å². The lowest BCUT2D eigenvalue weighted by Gasteiger charge is -1.48. The molecule has 0 bridgehead atoms. The van der Waals surface area contributed by atoms with Crippen molar-refractivity contribution >= 4 is 0 Å². The van der Waals surface area contributed by atoms with Gasteiger partial charge in [-0.3, -0.25) is 0 Å². The standard InChI is InChI=1S/C3H8.CH4O.N/c1-3-2;1-2;/h3H2,1-2H3;2H,1H3;. The predicted molar refractivity (Wildman–Crippen MR) is 26.2 cm³/mol. The second-order valence-electron chi connectivity index (χ2n) is 0.707. The van der Waals surface area contributed by atoms with Crippen LogP contribution >= 0.6 is 0 Å². The van der Waals surface area contributed by atoms with Crippen LogP contribution in [-0.2, 0) is 0 Å². The molecule has 3 radical (unpaired) electrons. The summed E-state index contributed by atoms with van der Waals surface area (Å²) in [6, 6.07) is 0. The van der Waals surface area contributed by atoms with Gasteiger partial charge in [0.25, 0.3) is 0 Å². The van der Waals surface area contributed by atoms with E-state index in [1.165, 1.54) is 6.42 Å². The summed E-state index contributed by atoms with van der Waals surface area (Å²) >= 11 is 0. The Hall–Kier alpha value is -0.0800. The molecule has 0 aliphatic heterocycles. The van der Waals surface area contributed by atoms with Crippen LogP contribution in [0.2, 0.25) is 0 Å². The fraction of sp³-hybridized carbons (Fsp3) is 1.00. The van der Waals surface area contributed by atoms with E-state index in [0.717, 1.165) is 7.11 Å². The Morgan fingerprint density at radius 1 is 1.17 bits per heavy atom. The average Bonchev–Trinajstić information content (AvgIpc) is 1.46. The van der Waals surface area contributed by atoms with E-state index in [9.17, 15) is 0 Å². The molecule has 1 N–H and O–H groups in total. The van der Waals surface area contributed by atoms with Crippen molar-refractivity contribution in [3.8, 4) is 0 Å². The monoisotopic (exact) mass is 90.1 g/mol. The first kappa shape index (κ1) is 16.8. The molecular formula is C4H12NO. The third kappa shape index (κ3) is 5220. The fourth-order valence-electron chi connectivity index (χ4n) is 0. The number of hydrogen-bond acceptors (Lipinski definition) is 1. The highest BCUT2D eigenvalue weighted by atomic mass is 16.2. The summed E-state index contributed by atoms with van der Waals surface area (Å²) in [4.78, 5) is 0. The first-order valence-electron chi connectivity index (χ1n) is 1.86. The van der Waals surface area contributed by atoms with E-state index in [0.29, 0.717) is 0 Å². The number of nitrogens with zero attached hydrogens (tertiary/aromatic N) is 1. The molecule has 0 spiro atoms. The van der Waals surface area contributed by atoms with Crippen LogP contribution in [0.3, 0.4) is 0 Å². The summed E-state index contributed by atoms with van der Waals surface area (Å²) in [7, 11) is 1.00. The van der Waals surface area contributed by atoms with Gasteiger partial charge in [0, 0.05) is 13.3 Å². The van der Waals surface area contributed by atoms with Gasteiger partial charge in [0.15, 0.2) is 0 Å². The van der Waals surface area contributed by atoms with Gasteiger partial charge in [0.05, 0.1) is 0 Å². The molecule has 0 aliphatic rings. The van der Waals surface area contributed by atoms with Gasteiger partial charge >= 0.3 is 0 Å². The molecule has 0 aromatic carbocycles. The molecule has 0 aliphatic carbocycles. The lowest BCUT2D eigenvalue weighted by molar-refractivity contribution is 0.399. The van der Waals surface area contributed by atoms with Crippen LogP contribution in [0.4, 0.5) is 0 Å². The Kier molecular flexibility index (Phi) is 250. The quantitative estimate of drug-likeness (QED) is 0.463. The van der Waals surface area contributed by atoms with E-state index >= 15 is 0 Å². The van der Waals surface area contributed by atoms with E-state index in [-0.39, 0.29) is 6.15 Å². The lowest BCUT2D eigenvalue weighted by atomic mass is 10.6. The van der Waals surface area contributed by atoms with Crippen LogP contribution in [0.5, 0.6) is 0 Å². The van der Waals surface area contributed by atoms with E-state index < -0.39 is 0 Å². The van der Waals surface area contributed by atoms with Crippen LogP contribution in [-0.4, -0.2) is 12.2 Å². The van der Waals surface area contributed by atoms with Crippen molar-refractivity contribution in [2.24, 2.45) is 0 Å². The molecule has 0 fully saturated rings. The average molecular weight is 90.1 g/mol. The minimum absolute atomic E-state index is 0. The molecule has 0 saturated carbocycles. The molecule has 0 atom stereocenters. The highest BCUT2D eigenvalue weighted by Crippen LogP contribution is 1.56. The van der Waals surface area contributed by atoms with Crippen LogP contribution in [0.1, 0.15) is 20.3 Å². The molecular weight excluding hydrogens is 78.0 g/mol. The molecule has 0 heterocycles. The molecule has 0 aromatic rings. The lowest BCUT2D eigenvalue weighted by Crippen LogP contribution is -1.27. The maximum atomic E-state index is 7.00. The van der Waals surface area contributed by atoms with Crippen molar-refractivity contribution < 1.29 is 5.11 Å². The summed E-state index contributed by atoms with van der Waals surface area (Å²) in [5, 5.41) is 7.00. The summed E-state index contributed by atoms with van der Waals surface area (Å²) < 4.78 is 0. The first-order valence-corrected chi connectivity index (χ1v) is 1.86. The van der Waals surface area contributed by atoms with Crippen molar-refractivity contribution in [3.63, 3.8) is 0 Å². The van der Waals surface area contributed by atoms with Crippen molar-refractivity contribution in [2.75, 3.05) is 7.11 Å². The maximum absolute atomic E-state index is 7.00. The van der Waals surface area contributed by atoms with Crippen LogP contribution in [0.25, 0.3) is 0 Å². The van der Waals surface area contributed by atoms with Gasteiger partial charge in [0.2, 0.25) is 0 Å². The molecule has 0 aromatic heterocycles. The molecule has 0 rings (SSSR count). The summed E-state index contributed by atoms with van der Waals surface area (Å²) in [5.41, 5.74) is 0. The zero-order chi connectivity index (χ0) is 4.71. The van der Waals surface area contributed by atoms with Crippen molar-refractivity contribution in [2.45, 2.75) is 20.3 Å². The molecule has 0 unspecified atom stereocenters. The summed E-state index contributed by atoms with van der Waals surface area (Å²) in [5.74, 6) is 0. The van der Waals surface area contributed by atoms with E-state index in [1.54, 1.807) is 0 Å². The first-order chi connectivity index (χ1) is 2.41. The minimum Gasteiger partial charge on any atom is -0.400 e. The largest absolute Gasteiger partial charge is 0.400 e. The van der Waals surface area contributed by atoms with Crippen molar-refractivity contribution in [1.29, 1.82) is 0 Å². The smallest absolute Gasteiger partial charge is 0.0319 e. The molecule has 0 amide bonds. The van der Waals surface area contributed by atoms with E-state index in [2.05, 4.69) is 13.8 Å². The Bertz CT molecular complexity index is 7.51. The van der Waals surface area contributed by atoms with Gasteiger partial charge in [-0.25, -0.2) is 0 Å². The van der Waals surface area contributed by atoms with Gasteiger partial charge in [-0.05, 0) is 0 Å². The predicted octanol–water partition coefficient (Wildman–Crippen LogP) is 0.544.